The van der Waals surface area contributed by atoms with Gasteiger partial charge in [-0.2, -0.15) is 0 Å². The van der Waals surface area contributed by atoms with Gasteiger partial charge in [0.1, 0.15) is 5.82 Å². The van der Waals surface area contributed by atoms with Crippen molar-refractivity contribution in [1.82, 2.24) is 9.55 Å². The van der Waals surface area contributed by atoms with Crippen LogP contribution in [-0.2, 0) is 16.3 Å². The van der Waals surface area contributed by atoms with Gasteiger partial charge in [0.15, 0.2) is 9.84 Å². The smallest absolute Gasteiger partial charge is 0.177 e. The Hall–Kier alpha value is -1.66. The van der Waals surface area contributed by atoms with Crippen LogP contribution >= 0.6 is 0 Å². The third-order valence-corrected chi connectivity index (χ3v) is 3.75. The van der Waals surface area contributed by atoms with E-state index in [-0.39, 0.29) is 0 Å². The first-order valence-electron chi connectivity index (χ1n) is 5.56. The lowest BCUT2D eigenvalue weighted by molar-refractivity contribution is 0.601. The number of rotatable bonds is 4. The van der Waals surface area contributed by atoms with E-state index in [4.69, 9.17) is 5.73 Å². The number of nitrogens with zero attached hydrogens (tertiary/aromatic N) is 2. The molecule has 0 fully saturated rings. The number of hydrogen-bond donors (Lipinski definition) is 1. The Kier molecular flexibility index (Phi) is 3.49. The van der Waals surface area contributed by atoms with Gasteiger partial charge >= 0.3 is 0 Å². The molecule has 1 aromatic heterocycles. The van der Waals surface area contributed by atoms with Crippen LogP contribution < -0.4 is 5.73 Å². The summed E-state index contributed by atoms with van der Waals surface area (Å²) in [6, 6.07) is 6.87. The summed E-state index contributed by atoms with van der Waals surface area (Å²) in [5.74, 6) is 0.758. The SMILES string of the molecule is CS(=O)(=O)c1ccccc1-n1ccnc1CCN. The number of aromatic nitrogens is 2. The summed E-state index contributed by atoms with van der Waals surface area (Å²) in [7, 11) is -3.27. The van der Waals surface area contributed by atoms with E-state index >= 15 is 0 Å². The summed E-state index contributed by atoms with van der Waals surface area (Å²) in [5, 5.41) is 0. The zero-order chi connectivity index (χ0) is 13.2. The molecule has 2 rings (SSSR count). The Morgan fingerprint density at radius 1 is 1.33 bits per heavy atom. The van der Waals surface area contributed by atoms with Crippen molar-refractivity contribution < 1.29 is 8.42 Å². The van der Waals surface area contributed by atoms with Gasteiger partial charge in [0, 0.05) is 25.1 Å². The van der Waals surface area contributed by atoms with Gasteiger partial charge in [-0.3, -0.25) is 0 Å². The first-order chi connectivity index (χ1) is 8.54. The van der Waals surface area contributed by atoms with Crippen LogP contribution in [0.15, 0.2) is 41.6 Å². The minimum atomic E-state index is -3.27. The summed E-state index contributed by atoms with van der Waals surface area (Å²) in [6.07, 6.45) is 5.19. The molecule has 0 saturated carbocycles. The third kappa shape index (κ3) is 2.44. The maximum Gasteiger partial charge on any atom is 0.177 e. The van der Waals surface area contributed by atoms with Crippen molar-refractivity contribution >= 4 is 9.84 Å². The second-order valence-electron chi connectivity index (χ2n) is 3.99. The van der Waals surface area contributed by atoms with Gasteiger partial charge in [-0.25, -0.2) is 13.4 Å². The van der Waals surface area contributed by atoms with Gasteiger partial charge in [-0.15, -0.1) is 0 Å². The van der Waals surface area contributed by atoms with Gasteiger partial charge in [-0.05, 0) is 18.7 Å². The highest BCUT2D eigenvalue weighted by molar-refractivity contribution is 7.90. The molecule has 1 heterocycles. The second kappa shape index (κ2) is 4.91. The first kappa shape index (κ1) is 12.8. The first-order valence-corrected chi connectivity index (χ1v) is 7.45. The van der Waals surface area contributed by atoms with Crippen LogP contribution in [0, 0.1) is 0 Å². The predicted octanol–water partition coefficient (Wildman–Crippen LogP) is 0.777. The van der Waals surface area contributed by atoms with Crippen LogP contribution in [0.25, 0.3) is 5.69 Å². The molecule has 2 aromatic rings. The molecular weight excluding hydrogens is 250 g/mol. The van der Waals surface area contributed by atoms with E-state index in [1.54, 1.807) is 41.2 Å². The van der Waals surface area contributed by atoms with E-state index in [9.17, 15) is 8.42 Å². The molecular formula is C12H15N3O2S. The molecule has 0 radical (unpaired) electrons. The maximum atomic E-state index is 11.8. The van der Waals surface area contributed by atoms with E-state index in [0.29, 0.717) is 23.5 Å². The minimum absolute atomic E-state index is 0.293. The quantitative estimate of drug-likeness (QED) is 0.886. The van der Waals surface area contributed by atoms with Crippen LogP contribution in [0.2, 0.25) is 0 Å². The fourth-order valence-electron chi connectivity index (χ4n) is 1.84. The van der Waals surface area contributed by atoms with Gasteiger partial charge < -0.3 is 10.3 Å². The van der Waals surface area contributed by atoms with Crippen LogP contribution in [0.4, 0.5) is 0 Å². The molecule has 1 aromatic carbocycles. The molecule has 0 aliphatic carbocycles. The molecule has 18 heavy (non-hydrogen) atoms. The van der Waals surface area contributed by atoms with Crippen molar-refractivity contribution in [3.8, 4) is 5.69 Å². The third-order valence-electron chi connectivity index (χ3n) is 2.61. The van der Waals surface area contributed by atoms with E-state index < -0.39 is 9.84 Å². The molecule has 2 N–H and O–H groups in total. The van der Waals surface area contributed by atoms with Crippen LogP contribution in [0.5, 0.6) is 0 Å². The molecule has 0 bridgehead atoms. The Bertz CT molecular complexity index is 647. The van der Waals surface area contributed by atoms with Crippen molar-refractivity contribution in [2.24, 2.45) is 5.73 Å². The number of para-hydroxylation sites is 1. The van der Waals surface area contributed by atoms with Crippen molar-refractivity contribution in [3.05, 3.63) is 42.5 Å². The Labute approximate surface area is 106 Å². The van der Waals surface area contributed by atoms with E-state index in [1.807, 2.05) is 0 Å². The molecule has 0 saturated heterocycles. The van der Waals surface area contributed by atoms with Gasteiger partial charge in [-0.1, -0.05) is 12.1 Å². The molecule has 6 heteroatoms. The summed E-state index contributed by atoms with van der Waals surface area (Å²) in [4.78, 5) is 4.49. The molecule has 96 valence electrons. The number of hydrogen-bond acceptors (Lipinski definition) is 4. The average molecular weight is 265 g/mol. The standard InChI is InChI=1S/C12H15N3O2S/c1-18(16,17)11-5-3-2-4-10(11)15-9-8-14-12(15)6-7-13/h2-5,8-9H,6-7,13H2,1H3. The molecule has 0 amide bonds. The van der Waals surface area contributed by atoms with E-state index in [0.717, 1.165) is 5.82 Å². The topological polar surface area (TPSA) is 78.0 Å². The number of imidazole rings is 1. The highest BCUT2D eigenvalue weighted by Crippen LogP contribution is 2.21. The fraction of sp³-hybridized carbons (Fsp3) is 0.250. The lowest BCUT2D eigenvalue weighted by atomic mass is 10.3. The predicted molar refractivity (Wildman–Crippen MR) is 69.4 cm³/mol. The lowest BCUT2D eigenvalue weighted by Crippen LogP contribution is -2.11. The van der Waals surface area contributed by atoms with Crippen LogP contribution in [0.3, 0.4) is 0 Å². The minimum Gasteiger partial charge on any atom is -0.330 e. The lowest BCUT2D eigenvalue weighted by Gasteiger charge is -2.11. The molecule has 0 spiro atoms. The second-order valence-corrected chi connectivity index (χ2v) is 5.98. The Morgan fingerprint density at radius 2 is 2.06 bits per heavy atom. The van der Waals surface area contributed by atoms with Crippen LogP contribution in [-0.4, -0.2) is 30.8 Å². The number of benzene rings is 1. The summed E-state index contributed by atoms with van der Waals surface area (Å²) >= 11 is 0. The zero-order valence-electron chi connectivity index (χ0n) is 10.1. The average Bonchev–Trinajstić information content (AvgIpc) is 2.77. The Morgan fingerprint density at radius 3 is 2.72 bits per heavy atom. The normalized spacial score (nSPS) is 11.7. The number of nitrogens with two attached hydrogens (primary N) is 1. The molecule has 0 aliphatic heterocycles. The molecule has 0 unspecified atom stereocenters. The van der Waals surface area contributed by atoms with Crippen molar-refractivity contribution in [3.63, 3.8) is 0 Å². The van der Waals surface area contributed by atoms with Gasteiger partial charge in [0.2, 0.25) is 0 Å². The molecule has 0 atom stereocenters. The van der Waals surface area contributed by atoms with Crippen molar-refractivity contribution in [2.75, 3.05) is 12.8 Å². The molecule has 5 nitrogen and oxygen atoms in total. The van der Waals surface area contributed by atoms with Crippen molar-refractivity contribution in [1.29, 1.82) is 0 Å². The van der Waals surface area contributed by atoms with Gasteiger partial charge in [0.25, 0.3) is 0 Å². The summed E-state index contributed by atoms with van der Waals surface area (Å²) in [6.45, 7) is 0.470. The highest BCUT2D eigenvalue weighted by Gasteiger charge is 2.15. The van der Waals surface area contributed by atoms with Crippen LogP contribution in [0.1, 0.15) is 5.82 Å². The molecule has 0 aliphatic rings. The van der Waals surface area contributed by atoms with Gasteiger partial charge in [0.05, 0.1) is 10.6 Å². The summed E-state index contributed by atoms with van der Waals surface area (Å²) < 4.78 is 25.3. The van der Waals surface area contributed by atoms with E-state index in [1.165, 1.54) is 6.26 Å². The largest absolute Gasteiger partial charge is 0.330 e. The Balaban J connectivity index is 2.61. The monoisotopic (exact) mass is 265 g/mol. The fourth-order valence-corrected chi connectivity index (χ4v) is 2.71. The summed E-state index contributed by atoms with van der Waals surface area (Å²) in [5.41, 5.74) is 6.13. The maximum absolute atomic E-state index is 11.8. The van der Waals surface area contributed by atoms with E-state index in [2.05, 4.69) is 4.98 Å². The zero-order valence-corrected chi connectivity index (χ0v) is 10.9. The number of sulfone groups is 1. The highest BCUT2D eigenvalue weighted by atomic mass is 32.2. The van der Waals surface area contributed by atoms with Crippen molar-refractivity contribution in [2.45, 2.75) is 11.3 Å².